The summed E-state index contributed by atoms with van der Waals surface area (Å²) in [6.07, 6.45) is 5.91. The largest absolute Gasteiger partial charge is 0.341 e. The topological polar surface area (TPSA) is 32.3 Å². The maximum Gasteiger partial charge on any atom is 0.239 e. The Morgan fingerprint density at radius 1 is 1.27 bits per heavy atom. The van der Waals surface area contributed by atoms with Crippen LogP contribution in [0.2, 0.25) is 0 Å². The van der Waals surface area contributed by atoms with Crippen LogP contribution in [0.3, 0.4) is 0 Å². The Hall–Kier alpha value is -0.570. The molecule has 3 nitrogen and oxygen atoms in total. The van der Waals surface area contributed by atoms with E-state index in [0.717, 1.165) is 26.1 Å². The Labute approximate surface area is 92.2 Å². The molecule has 0 bridgehead atoms. The SMILES string of the molecule is C[C@@H]1CCCN(C(=O)[C@H]2CCCCN2)C1. The average Bonchev–Trinajstić information content (AvgIpc) is 2.29. The molecule has 2 aliphatic rings. The van der Waals surface area contributed by atoms with Crippen LogP contribution in [0, 0.1) is 5.92 Å². The van der Waals surface area contributed by atoms with Gasteiger partial charge in [0, 0.05) is 13.1 Å². The first kappa shape index (κ1) is 10.9. The number of piperidine rings is 2. The molecule has 0 spiro atoms. The zero-order valence-corrected chi connectivity index (χ0v) is 9.67. The third-order valence-corrected chi connectivity index (χ3v) is 3.58. The van der Waals surface area contributed by atoms with Crippen molar-refractivity contribution in [1.82, 2.24) is 10.2 Å². The highest BCUT2D eigenvalue weighted by Crippen LogP contribution is 2.18. The van der Waals surface area contributed by atoms with Crippen molar-refractivity contribution in [3.8, 4) is 0 Å². The highest BCUT2D eigenvalue weighted by atomic mass is 16.2. The van der Waals surface area contributed by atoms with Crippen molar-refractivity contribution in [2.45, 2.75) is 45.1 Å². The lowest BCUT2D eigenvalue weighted by molar-refractivity contribution is -0.135. The lowest BCUT2D eigenvalue weighted by atomic mass is 9.98. The lowest BCUT2D eigenvalue weighted by Crippen LogP contribution is -2.51. The molecule has 0 aromatic rings. The number of hydrogen-bond donors (Lipinski definition) is 1. The summed E-state index contributed by atoms with van der Waals surface area (Å²) in [6.45, 7) is 5.20. The Balaban J connectivity index is 1.88. The number of carbonyl (C=O) groups is 1. The molecule has 2 aliphatic heterocycles. The lowest BCUT2D eigenvalue weighted by Gasteiger charge is -2.35. The highest BCUT2D eigenvalue weighted by molar-refractivity contribution is 5.82. The quantitative estimate of drug-likeness (QED) is 0.709. The fourth-order valence-corrected chi connectivity index (χ4v) is 2.67. The zero-order valence-electron chi connectivity index (χ0n) is 9.67. The fraction of sp³-hybridized carbons (Fsp3) is 0.917. The molecule has 0 aliphatic carbocycles. The summed E-state index contributed by atoms with van der Waals surface area (Å²) in [6, 6.07) is 0.115. The van der Waals surface area contributed by atoms with Gasteiger partial charge in [-0.1, -0.05) is 13.3 Å². The molecule has 1 amide bonds. The third kappa shape index (κ3) is 2.71. The Morgan fingerprint density at radius 2 is 2.13 bits per heavy atom. The van der Waals surface area contributed by atoms with Crippen molar-refractivity contribution in [2.75, 3.05) is 19.6 Å². The molecule has 15 heavy (non-hydrogen) atoms. The Bertz CT molecular complexity index is 224. The predicted octanol–water partition coefficient (Wildman–Crippen LogP) is 1.39. The van der Waals surface area contributed by atoms with Gasteiger partial charge in [0.2, 0.25) is 5.91 Å². The molecule has 2 saturated heterocycles. The van der Waals surface area contributed by atoms with Gasteiger partial charge in [0.1, 0.15) is 0 Å². The first-order valence-corrected chi connectivity index (χ1v) is 6.29. The molecule has 2 atom stereocenters. The Kier molecular flexibility index (Phi) is 3.62. The van der Waals surface area contributed by atoms with Gasteiger partial charge < -0.3 is 10.2 Å². The van der Waals surface area contributed by atoms with Gasteiger partial charge in [-0.3, -0.25) is 4.79 Å². The standard InChI is InChI=1S/C12H22N2O/c1-10-5-4-8-14(9-10)12(15)11-6-2-3-7-13-11/h10-11,13H,2-9H2,1H3/t10-,11-/m1/s1. The van der Waals surface area contributed by atoms with Crippen LogP contribution in [0.15, 0.2) is 0 Å². The maximum atomic E-state index is 12.2. The van der Waals surface area contributed by atoms with E-state index < -0.39 is 0 Å². The van der Waals surface area contributed by atoms with Crippen molar-refractivity contribution >= 4 is 5.91 Å². The van der Waals surface area contributed by atoms with Gasteiger partial charge in [-0.15, -0.1) is 0 Å². The first-order valence-electron chi connectivity index (χ1n) is 6.29. The minimum Gasteiger partial charge on any atom is -0.341 e. The Morgan fingerprint density at radius 3 is 2.80 bits per heavy atom. The number of amides is 1. The summed E-state index contributed by atoms with van der Waals surface area (Å²) >= 11 is 0. The average molecular weight is 210 g/mol. The van der Waals surface area contributed by atoms with Crippen LogP contribution < -0.4 is 5.32 Å². The molecule has 2 rings (SSSR count). The number of likely N-dealkylation sites (tertiary alicyclic amines) is 1. The highest BCUT2D eigenvalue weighted by Gasteiger charge is 2.28. The molecule has 0 aromatic heterocycles. The van der Waals surface area contributed by atoms with E-state index in [1.807, 2.05) is 0 Å². The molecule has 2 heterocycles. The number of hydrogen-bond acceptors (Lipinski definition) is 2. The monoisotopic (exact) mass is 210 g/mol. The second-order valence-corrected chi connectivity index (χ2v) is 5.03. The van der Waals surface area contributed by atoms with Crippen molar-refractivity contribution in [2.24, 2.45) is 5.92 Å². The van der Waals surface area contributed by atoms with E-state index in [1.54, 1.807) is 0 Å². The van der Waals surface area contributed by atoms with Crippen LogP contribution in [-0.2, 0) is 4.79 Å². The minimum atomic E-state index is 0.115. The third-order valence-electron chi connectivity index (χ3n) is 3.58. The van der Waals surface area contributed by atoms with Crippen LogP contribution in [-0.4, -0.2) is 36.5 Å². The normalized spacial score (nSPS) is 32.7. The van der Waals surface area contributed by atoms with Gasteiger partial charge in [-0.25, -0.2) is 0 Å². The van der Waals surface area contributed by atoms with E-state index in [0.29, 0.717) is 11.8 Å². The van der Waals surface area contributed by atoms with Gasteiger partial charge in [0.15, 0.2) is 0 Å². The maximum absolute atomic E-state index is 12.2. The van der Waals surface area contributed by atoms with Crippen LogP contribution in [0.1, 0.15) is 39.0 Å². The molecule has 2 fully saturated rings. The van der Waals surface area contributed by atoms with Gasteiger partial charge in [0.05, 0.1) is 6.04 Å². The summed E-state index contributed by atoms with van der Waals surface area (Å²) in [5.41, 5.74) is 0. The van der Waals surface area contributed by atoms with Crippen LogP contribution >= 0.6 is 0 Å². The number of carbonyl (C=O) groups excluding carboxylic acids is 1. The number of nitrogens with one attached hydrogen (secondary N) is 1. The van der Waals surface area contributed by atoms with Crippen molar-refractivity contribution in [3.05, 3.63) is 0 Å². The van der Waals surface area contributed by atoms with Gasteiger partial charge in [0.25, 0.3) is 0 Å². The minimum absolute atomic E-state index is 0.115. The van der Waals surface area contributed by atoms with Gasteiger partial charge in [-0.2, -0.15) is 0 Å². The molecular formula is C12H22N2O. The predicted molar refractivity (Wildman–Crippen MR) is 60.6 cm³/mol. The van der Waals surface area contributed by atoms with Gasteiger partial charge >= 0.3 is 0 Å². The van der Waals surface area contributed by atoms with Gasteiger partial charge in [-0.05, 0) is 38.1 Å². The van der Waals surface area contributed by atoms with E-state index in [1.165, 1.54) is 25.7 Å². The van der Waals surface area contributed by atoms with Crippen LogP contribution in [0.5, 0.6) is 0 Å². The van der Waals surface area contributed by atoms with Crippen LogP contribution in [0.4, 0.5) is 0 Å². The molecular weight excluding hydrogens is 188 g/mol. The second-order valence-electron chi connectivity index (χ2n) is 5.03. The van der Waals surface area contributed by atoms with E-state index >= 15 is 0 Å². The smallest absolute Gasteiger partial charge is 0.239 e. The van der Waals surface area contributed by atoms with E-state index in [-0.39, 0.29) is 6.04 Å². The molecule has 0 radical (unpaired) electrons. The fourth-order valence-electron chi connectivity index (χ4n) is 2.67. The van der Waals surface area contributed by atoms with E-state index in [4.69, 9.17) is 0 Å². The summed E-state index contributed by atoms with van der Waals surface area (Å²) < 4.78 is 0. The summed E-state index contributed by atoms with van der Waals surface area (Å²) in [7, 11) is 0. The van der Waals surface area contributed by atoms with E-state index in [2.05, 4.69) is 17.1 Å². The van der Waals surface area contributed by atoms with Crippen LogP contribution in [0.25, 0.3) is 0 Å². The summed E-state index contributed by atoms with van der Waals surface area (Å²) in [5.74, 6) is 1.03. The zero-order chi connectivity index (χ0) is 10.7. The molecule has 0 aromatic carbocycles. The van der Waals surface area contributed by atoms with Crippen molar-refractivity contribution in [1.29, 1.82) is 0 Å². The molecule has 3 heteroatoms. The molecule has 0 saturated carbocycles. The number of rotatable bonds is 1. The summed E-state index contributed by atoms with van der Waals surface area (Å²) in [4.78, 5) is 14.2. The second kappa shape index (κ2) is 4.97. The summed E-state index contributed by atoms with van der Waals surface area (Å²) in [5, 5.41) is 3.34. The first-order chi connectivity index (χ1) is 7.27. The van der Waals surface area contributed by atoms with E-state index in [9.17, 15) is 4.79 Å². The number of nitrogens with zero attached hydrogens (tertiary/aromatic N) is 1. The van der Waals surface area contributed by atoms with Crippen molar-refractivity contribution in [3.63, 3.8) is 0 Å². The molecule has 1 N–H and O–H groups in total. The molecule has 0 unspecified atom stereocenters. The van der Waals surface area contributed by atoms with Crippen molar-refractivity contribution < 1.29 is 4.79 Å². The molecule has 86 valence electrons.